The molecular weight excluding hydrogens is 295 g/mol. The molecular formula is C18H27FN2O2. The number of benzene rings is 1. The summed E-state index contributed by atoms with van der Waals surface area (Å²) in [4.78, 5) is 14.4. The summed E-state index contributed by atoms with van der Waals surface area (Å²) in [7, 11) is 0. The van der Waals surface area contributed by atoms with Gasteiger partial charge in [-0.05, 0) is 76.0 Å². The van der Waals surface area contributed by atoms with E-state index < -0.39 is 6.10 Å². The molecule has 1 heterocycles. The van der Waals surface area contributed by atoms with Crippen LogP contribution in [-0.2, 0) is 4.79 Å². The van der Waals surface area contributed by atoms with Crippen LogP contribution < -0.4 is 10.1 Å². The molecule has 0 bridgehead atoms. The number of rotatable bonds is 7. The van der Waals surface area contributed by atoms with Crippen molar-refractivity contribution in [2.45, 2.75) is 39.2 Å². The second-order valence-electron chi connectivity index (χ2n) is 6.38. The molecule has 23 heavy (non-hydrogen) atoms. The van der Waals surface area contributed by atoms with E-state index in [4.69, 9.17) is 4.74 Å². The molecule has 2 rings (SSSR count). The van der Waals surface area contributed by atoms with Crippen LogP contribution in [0.4, 0.5) is 4.39 Å². The van der Waals surface area contributed by atoms with Crippen molar-refractivity contribution in [3.63, 3.8) is 0 Å². The Morgan fingerprint density at radius 2 is 2.00 bits per heavy atom. The van der Waals surface area contributed by atoms with Gasteiger partial charge in [0.25, 0.3) is 5.91 Å². The largest absolute Gasteiger partial charge is 0.481 e. The number of carbonyl (C=O) groups excluding carboxylic acids is 1. The number of ether oxygens (including phenoxy) is 1. The first-order chi connectivity index (χ1) is 11.0. The van der Waals surface area contributed by atoms with Crippen molar-refractivity contribution in [2.24, 2.45) is 5.92 Å². The van der Waals surface area contributed by atoms with E-state index in [1.165, 1.54) is 50.2 Å². The Balaban J connectivity index is 1.61. The SMILES string of the molecule is CC1CCN(CCCNC(=O)C(C)Oc2ccc(F)cc2)CC1. The van der Waals surface area contributed by atoms with Gasteiger partial charge in [0.05, 0.1) is 0 Å². The minimum absolute atomic E-state index is 0.137. The Morgan fingerprint density at radius 1 is 1.35 bits per heavy atom. The molecule has 0 spiro atoms. The number of amides is 1. The summed E-state index contributed by atoms with van der Waals surface area (Å²) in [6.45, 7) is 8.02. The zero-order valence-electron chi connectivity index (χ0n) is 14.1. The van der Waals surface area contributed by atoms with Gasteiger partial charge in [0, 0.05) is 6.54 Å². The molecule has 1 aliphatic heterocycles. The fourth-order valence-electron chi connectivity index (χ4n) is 2.71. The summed E-state index contributed by atoms with van der Waals surface area (Å²) in [5.41, 5.74) is 0. The average Bonchev–Trinajstić information content (AvgIpc) is 2.55. The molecule has 1 aliphatic rings. The van der Waals surface area contributed by atoms with Crippen LogP contribution >= 0.6 is 0 Å². The third-order valence-electron chi connectivity index (χ3n) is 4.32. The predicted molar refractivity (Wildman–Crippen MR) is 89.0 cm³/mol. The number of carbonyl (C=O) groups is 1. The number of hydrogen-bond donors (Lipinski definition) is 1. The third-order valence-corrected chi connectivity index (χ3v) is 4.32. The number of likely N-dealkylation sites (tertiary alicyclic amines) is 1. The summed E-state index contributed by atoms with van der Waals surface area (Å²) in [6.07, 6.45) is 2.91. The number of piperidine rings is 1. The van der Waals surface area contributed by atoms with E-state index in [0.29, 0.717) is 12.3 Å². The van der Waals surface area contributed by atoms with Gasteiger partial charge in [-0.25, -0.2) is 4.39 Å². The van der Waals surface area contributed by atoms with Gasteiger partial charge in [0.1, 0.15) is 11.6 Å². The number of halogens is 1. The van der Waals surface area contributed by atoms with E-state index in [-0.39, 0.29) is 11.7 Å². The summed E-state index contributed by atoms with van der Waals surface area (Å²) in [5.74, 6) is 0.884. The van der Waals surface area contributed by atoms with E-state index in [1.807, 2.05) is 0 Å². The molecule has 1 aromatic rings. The van der Waals surface area contributed by atoms with Crippen LogP contribution in [0.25, 0.3) is 0 Å². The summed E-state index contributed by atoms with van der Waals surface area (Å²) in [5, 5.41) is 2.90. The summed E-state index contributed by atoms with van der Waals surface area (Å²) < 4.78 is 18.3. The van der Waals surface area contributed by atoms with Crippen LogP contribution in [-0.4, -0.2) is 43.1 Å². The van der Waals surface area contributed by atoms with E-state index in [0.717, 1.165) is 18.9 Å². The number of nitrogens with one attached hydrogen (secondary N) is 1. The zero-order chi connectivity index (χ0) is 16.7. The van der Waals surface area contributed by atoms with E-state index in [1.54, 1.807) is 6.92 Å². The van der Waals surface area contributed by atoms with E-state index in [2.05, 4.69) is 17.1 Å². The molecule has 1 saturated heterocycles. The van der Waals surface area contributed by atoms with E-state index in [9.17, 15) is 9.18 Å². The van der Waals surface area contributed by atoms with Crippen molar-refractivity contribution in [1.29, 1.82) is 0 Å². The highest BCUT2D eigenvalue weighted by Gasteiger charge is 2.16. The van der Waals surface area contributed by atoms with Gasteiger partial charge in [-0.1, -0.05) is 6.92 Å². The number of hydrogen-bond acceptors (Lipinski definition) is 3. The fraction of sp³-hybridized carbons (Fsp3) is 0.611. The molecule has 0 radical (unpaired) electrons. The average molecular weight is 322 g/mol. The standard InChI is InChI=1S/C18H27FN2O2/c1-14-8-12-21(13-9-14)11-3-10-20-18(22)15(2)23-17-6-4-16(19)5-7-17/h4-7,14-15H,3,8-13H2,1-2H3,(H,20,22). The molecule has 1 N–H and O–H groups in total. The van der Waals surface area contributed by atoms with Gasteiger partial charge in [0.15, 0.2) is 6.10 Å². The number of nitrogens with zero attached hydrogens (tertiary/aromatic N) is 1. The Hall–Kier alpha value is -1.62. The van der Waals surface area contributed by atoms with E-state index >= 15 is 0 Å². The smallest absolute Gasteiger partial charge is 0.260 e. The minimum atomic E-state index is -0.587. The molecule has 4 nitrogen and oxygen atoms in total. The maximum absolute atomic E-state index is 12.8. The lowest BCUT2D eigenvalue weighted by Crippen LogP contribution is -2.39. The molecule has 1 fully saturated rings. The van der Waals surface area contributed by atoms with Crippen LogP contribution in [0.1, 0.15) is 33.1 Å². The molecule has 5 heteroatoms. The highest BCUT2D eigenvalue weighted by atomic mass is 19.1. The Morgan fingerprint density at radius 3 is 2.65 bits per heavy atom. The second kappa shape index (κ2) is 8.87. The highest BCUT2D eigenvalue weighted by molar-refractivity contribution is 5.80. The lowest BCUT2D eigenvalue weighted by Gasteiger charge is -2.30. The molecule has 1 aromatic carbocycles. The van der Waals surface area contributed by atoms with Crippen molar-refractivity contribution in [1.82, 2.24) is 10.2 Å². The molecule has 1 atom stereocenters. The maximum Gasteiger partial charge on any atom is 0.260 e. The molecule has 128 valence electrons. The van der Waals surface area contributed by atoms with Crippen molar-refractivity contribution in [3.8, 4) is 5.75 Å². The van der Waals surface area contributed by atoms with Gasteiger partial charge >= 0.3 is 0 Å². The second-order valence-corrected chi connectivity index (χ2v) is 6.38. The van der Waals surface area contributed by atoms with Gasteiger partial charge in [0.2, 0.25) is 0 Å². The first kappa shape index (κ1) is 17.7. The first-order valence-corrected chi connectivity index (χ1v) is 8.47. The van der Waals surface area contributed by atoms with Crippen LogP contribution in [0.15, 0.2) is 24.3 Å². The van der Waals surface area contributed by atoms with Crippen LogP contribution in [0.2, 0.25) is 0 Å². The van der Waals surface area contributed by atoms with Gasteiger partial charge in [-0.3, -0.25) is 4.79 Å². The summed E-state index contributed by atoms with van der Waals surface area (Å²) >= 11 is 0. The fourth-order valence-corrected chi connectivity index (χ4v) is 2.71. The van der Waals surface area contributed by atoms with Crippen molar-refractivity contribution in [2.75, 3.05) is 26.2 Å². The van der Waals surface area contributed by atoms with Gasteiger partial charge < -0.3 is 15.0 Å². The minimum Gasteiger partial charge on any atom is -0.481 e. The first-order valence-electron chi connectivity index (χ1n) is 8.47. The molecule has 0 aromatic heterocycles. The summed E-state index contributed by atoms with van der Waals surface area (Å²) in [6, 6.07) is 5.69. The van der Waals surface area contributed by atoms with Crippen LogP contribution in [0.3, 0.4) is 0 Å². The molecule has 0 aliphatic carbocycles. The molecule has 1 amide bonds. The van der Waals surface area contributed by atoms with Gasteiger partial charge in [-0.2, -0.15) is 0 Å². The van der Waals surface area contributed by atoms with Crippen molar-refractivity contribution < 1.29 is 13.9 Å². The lowest BCUT2D eigenvalue weighted by atomic mass is 9.99. The Kier molecular flexibility index (Phi) is 6.84. The maximum atomic E-state index is 12.8. The van der Waals surface area contributed by atoms with Gasteiger partial charge in [-0.15, -0.1) is 0 Å². The van der Waals surface area contributed by atoms with Crippen LogP contribution in [0.5, 0.6) is 5.75 Å². The zero-order valence-corrected chi connectivity index (χ0v) is 14.1. The predicted octanol–water partition coefficient (Wildman–Crippen LogP) is 2.83. The molecule has 1 unspecified atom stereocenters. The third kappa shape index (κ3) is 6.18. The molecule has 0 saturated carbocycles. The Labute approximate surface area is 138 Å². The highest BCUT2D eigenvalue weighted by Crippen LogP contribution is 2.16. The lowest BCUT2D eigenvalue weighted by molar-refractivity contribution is -0.127. The van der Waals surface area contributed by atoms with Crippen LogP contribution in [0, 0.1) is 11.7 Å². The van der Waals surface area contributed by atoms with Crippen molar-refractivity contribution in [3.05, 3.63) is 30.1 Å². The quantitative estimate of drug-likeness (QED) is 0.785. The Bertz CT molecular complexity index is 484. The monoisotopic (exact) mass is 322 g/mol. The van der Waals surface area contributed by atoms with Crippen molar-refractivity contribution >= 4 is 5.91 Å². The normalized spacial score (nSPS) is 17.7. The topological polar surface area (TPSA) is 41.6 Å².